The van der Waals surface area contributed by atoms with Gasteiger partial charge in [0.05, 0.1) is 12.1 Å². The second-order valence-electron chi connectivity index (χ2n) is 6.04. The molecule has 23 heavy (non-hydrogen) atoms. The van der Waals surface area contributed by atoms with Crippen LogP contribution in [-0.4, -0.2) is 41.2 Å². The minimum atomic E-state index is -0.686. The Labute approximate surface area is 157 Å². The van der Waals surface area contributed by atoms with Gasteiger partial charge < -0.3 is 15.3 Å². The number of nitrogens with one attached hydrogen (secondary N) is 1. The van der Waals surface area contributed by atoms with Crippen LogP contribution < -0.4 is 5.32 Å². The molecule has 0 unspecified atom stereocenters. The molecular formula is C18H30IN3O. The lowest BCUT2D eigenvalue weighted by Crippen LogP contribution is -2.45. The van der Waals surface area contributed by atoms with Gasteiger partial charge in [-0.1, -0.05) is 38.1 Å². The summed E-state index contributed by atoms with van der Waals surface area (Å²) in [6.07, 6.45) is 2.51. The predicted molar refractivity (Wildman–Crippen MR) is 107 cm³/mol. The Balaban J connectivity index is 0.00000264. The van der Waals surface area contributed by atoms with E-state index in [0.29, 0.717) is 6.54 Å². The lowest BCUT2D eigenvalue weighted by atomic mass is 9.98. The van der Waals surface area contributed by atoms with E-state index >= 15 is 0 Å². The average Bonchev–Trinajstić information content (AvgIpc) is 2.58. The predicted octanol–water partition coefficient (Wildman–Crippen LogP) is 3.18. The van der Waals surface area contributed by atoms with Gasteiger partial charge in [0.25, 0.3) is 0 Å². The van der Waals surface area contributed by atoms with Gasteiger partial charge in [-0.3, -0.25) is 4.99 Å². The summed E-state index contributed by atoms with van der Waals surface area (Å²) in [4.78, 5) is 6.99. The quantitative estimate of drug-likeness (QED) is 0.428. The van der Waals surface area contributed by atoms with Crippen LogP contribution in [0, 0.1) is 0 Å². The first kappa shape index (κ1) is 20.2. The highest BCUT2D eigenvalue weighted by Gasteiger charge is 2.23. The van der Waals surface area contributed by atoms with E-state index in [1.807, 2.05) is 13.8 Å². The van der Waals surface area contributed by atoms with E-state index in [4.69, 9.17) is 4.99 Å². The Bertz CT molecular complexity index is 515. The number of halogens is 1. The standard InChI is InChI=1S/C18H29N3O.HI/c1-4-18(22,5-2)14-20-17(19-6-3)21-12-11-15-9-7-8-10-16(15)13-21;/h7-10,22H,4-6,11-14H2,1-3H3,(H,19,20);1H. The van der Waals surface area contributed by atoms with E-state index in [1.165, 1.54) is 11.1 Å². The molecule has 4 nitrogen and oxygen atoms in total. The molecule has 0 saturated heterocycles. The van der Waals surface area contributed by atoms with E-state index in [0.717, 1.165) is 44.9 Å². The van der Waals surface area contributed by atoms with Gasteiger partial charge in [-0.05, 0) is 37.3 Å². The summed E-state index contributed by atoms with van der Waals surface area (Å²) in [5, 5.41) is 13.8. The molecule has 0 saturated carbocycles. The number of rotatable bonds is 5. The molecule has 1 aromatic rings. The Kier molecular flexibility index (Phi) is 8.33. The second-order valence-corrected chi connectivity index (χ2v) is 6.04. The average molecular weight is 431 g/mol. The summed E-state index contributed by atoms with van der Waals surface area (Å²) in [7, 11) is 0. The normalized spacial score (nSPS) is 15.0. The maximum Gasteiger partial charge on any atom is 0.194 e. The molecule has 0 radical (unpaired) electrons. The maximum absolute atomic E-state index is 10.4. The van der Waals surface area contributed by atoms with Crippen molar-refractivity contribution in [2.24, 2.45) is 4.99 Å². The molecule has 0 fully saturated rings. The molecule has 0 amide bonds. The monoisotopic (exact) mass is 431 g/mol. The number of aliphatic imine (C=N–C) groups is 1. The SMILES string of the molecule is CCNC(=NCC(O)(CC)CC)N1CCc2ccccc2C1.I. The summed E-state index contributed by atoms with van der Waals surface area (Å²) < 4.78 is 0. The van der Waals surface area contributed by atoms with Gasteiger partial charge in [-0.2, -0.15) is 0 Å². The molecule has 0 aromatic heterocycles. The molecule has 1 heterocycles. The molecule has 1 aromatic carbocycles. The van der Waals surface area contributed by atoms with Crippen LogP contribution in [0.5, 0.6) is 0 Å². The smallest absolute Gasteiger partial charge is 0.194 e. The van der Waals surface area contributed by atoms with E-state index in [9.17, 15) is 5.11 Å². The zero-order chi connectivity index (χ0) is 16.0. The highest BCUT2D eigenvalue weighted by molar-refractivity contribution is 14.0. The maximum atomic E-state index is 10.4. The Morgan fingerprint density at radius 2 is 1.87 bits per heavy atom. The highest BCUT2D eigenvalue weighted by atomic mass is 127. The highest BCUT2D eigenvalue weighted by Crippen LogP contribution is 2.19. The first-order chi connectivity index (χ1) is 10.6. The van der Waals surface area contributed by atoms with Crippen molar-refractivity contribution < 1.29 is 5.11 Å². The van der Waals surface area contributed by atoms with Crippen LogP contribution in [0.25, 0.3) is 0 Å². The van der Waals surface area contributed by atoms with Crippen LogP contribution in [-0.2, 0) is 13.0 Å². The third-order valence-corrected chi connectivity index (χ3v) is 4.60. The van der Waals surface area contributed by atoms with Crippen LogP contribution in [0.4, 0.5) is 0 Å². The first-order valence-electron chi connectivity index (χ1n) is 8.44. The molecule has 0 aliphatic carbocycles. The van der Waals surface area contributed by atoms with Crippen molar-refractivity contribution in [1.82, 2.24) is 10.2 Å². The topological polar surface area (TPSA) is 47.9 Å². The molecule has 0 bridgehead atoms. The number of guanidine groups is 1. The number of fused-ring (bicyclic) bond motifs is 1. The summed E-state index contributed by atoms with van der Waals surface area (Å²) in [5.41, 5.74) is 2.13. The zero-order valence-electron chi connectivity index (χ0n) is 14.5. The number of benzene rings is 1. The number of hydrogen-bond donors (Lipinski definition) is 2. The third-order valence-electron chi connectivity index (χ3n) is 4.60. The van der Waals surface area contributed by atoms with Crippen LogP contribution >= 0.6 is 24.0 Å². The minimum Gasteiger partial charge on any atom is -0.388 e. The summed E-state index contributed by atoms with van der Waals surface area (Å²) >= 11 is 0. The van der Waals surface area contributed by atoms with Crippen molar-refractivity contribution in [3.05, 3.63) is 35.4 Å². The molecule has 0 atom stereocenters. The van der Waals surface area contributed by atoms with Gasteiger partial charge in [0.15, 0.2) is 5.96 Å². The van der Waals surface area contributed by atoms with Gasteiger partial charge in [-0.25, -0.2) is 0 Å². The van der Waals surface area contributed by atoms with Crippen LogP contribution in [0.3, 0.4) is 0 Å². The van der Waals surface area contributed by atoms with Crippen molar-refractivity contribution in [2.75, 3.05) is 19.6 Å². The van der Waals surface area contributed by atoms with E-state index in [2.05, 4.69) is 41.4 Å². The second kappa shape index (κ2) is 9.47. The third kappa shape index (κ3) is 5.35. The molecule has 2 N–H and O–H groups in total. The zero-order valence-corrected chi connectivity index (χ0v) is 16.8. The van der Waals surface area contributed by atoms with Gasteiger partial charge in [0, 0.05) is 19.6 Å². The minimum absolute atomic E-state index is 0. The largest absolute Gasteiger partial charge is 0.388 e. The molecular weight excluding hydrogens is 401 g/mol. The van der Waals surface area contributed by atoms with E-state index in [1.54, 1.807) is 0 Å². The van der Waals surface area contributed by atoms with Crippen LogP contribution in [0.1, 0.15) is 44.7 Å². The fraction of sp³-hybridized carbons (Fsp3) is 0.611. The number of hydrogen-bond acceptors (Lipinski definition) is 2. The Hall–Kier alpha value is -0.820. The van der Waals surface area contributed by atoms with Crippen LogP contribution in [0.15, 0.2) is 29.3 Å². The van der Waals surface area contributed by atoms with Gasteiger partial charge in [-0.15, -0.1) is 24.0 Å². The van der Waals surface area contributed by atoms with Crippen molar-refractivity contribution in [3.63, 3.8) is 0 Å². The first-order valence-corrected chi connectivity index (χ1v) is 8.44. The van der Waals surface area contributed by atoms with Gasteiger partial charge in [0.1, 0.15) is 0 Å². The number of aliphatic hydroxyl groups is 1. The van der Waals surface area contributed by atoms with E-state index < -0.39 is 5.60 Å². The number of nitrogens with zero attached hydrogens (tertiary/aromatic N) is 2. The van der Waals surface area contributed by atoms with E-state index in [-0.39, 0.29) is 24.0 Å². The molecule has 130 valence electrons. The Morgan fingerprint density at radius 3 is 2.48 bits per heavy atom. The molecule has 1 aliphatic rings. The van der Waals surface area contributed by atoms with Gasteiger partial charge in [0.2, 0.25) is 0 Å². The summed E-state index contributed by atoms with van der Waals surface area (Å²) in [6.45, 7) is 9.28. The summed E-state index contributed by atoms with van der Waals surface area (Å²) in [6, 6.07) is 8.61. The lowest BCUT2D eigenvalue weighted by Gasteiger charge is -2.32. The fourth-order valence-electron chi connectivity index (χ4n) is 2.80. The molecule has 1 aliphatic heterocycles. The van der Waals surface area contributed by atoms with Crippen LogP contribution in [0.2, 0.25) is 0 Å². The molecule has 5 heteroatoms. The van der Waals surface area contributed by atoms with Crippen molar-refractivity contribution in [1.29, 1.82) is 0 Å². The molecule has 0 spiro atoms. The lowest BCUT2D eigenvalue weighted by molar-refractivity contribution is 0.0415. The van der Waals surface area contributed by atoms with Crippen molar-refractivity contribution in [3.8, 4) is 0 Å². The molecule has 2 rings (SSSR count). The summed E-state index contributed by atoms with van der Waals surface area (Å²) in [5.74, 6) is 0.914. The Morgan fingerprint density at radius 1 is 1.22 bits per heavy atom. The fourth-order valence-corrected chi connectivity index (χ4v) is 2.80. The van der Waals surface area contributed by atoms with Crippen molar-refractivity contribution >= 4 is 29.9 Å². The van der Waals surface area contributed by atoms with Gasteiger partial charge >= 0.3 is 0 Å². The van der Waals surface area contributed by atoms with Crippen molar-refractivity contribution in [2.45, 2.75) is 52.2 Å².